The third-order valence-electron chi connectivity index (χ3n) is 3.84. The number of para-hydroxylation sites is 1. The molecule has 22 heavy (non-hydrogen) atoms. The molecule has 2 amide bonds. The van der Waals surface area contributed by atoms with E-state index in [4.69, 9.17) is 9.47 Å². The largest absolute Gasteiger partial charge is 0.496 e. The minimum Gasteiger partial charge on any atom is -0.496 e. The first kappa shape index (κ1) is 16.3. The number of hydrogen-bond acceptors (Lipinski definition) is 4. The highest BCUT2D eigenvalue weighted by atomic mass is 16.5. The highest BCUT2D eigenvalue weighted by Crippen LogP contribution is 2.46. The van der Waals surface area contributed by atoms with Gasteiger partial charge in [-0.25, -0.2) is 0 Å². The van der Waals surface area contributed by atoms with Gasteiger partial charge in [-0.3, -0.25) is 9.59 Å². The normalized spacial score (nSPS) is 15.0. The van der Waals surface area contributed by atoms with Gasteiger partial charge in [0.1, 0.15) is 11.2 Å². The van der Waals surface area contributed by atoms with Crippen molar-refractivity contribution in [3.8, 4) is 5.75 Å². The molecule has 6 heteroatoms. The molecular formula is C16H22N2O4. The summed E-state index contributed by atoms with van der Waals surface area (Å²) >= 11 is 0. The molecule has 1 saturated carbocycles. The van der Waals surface area contributed by atoms with E-state index in [0.717, 1.165) is 11.3 Å². The Bertz CT molecular complexity index is 541. The van der Waals surface area contributed by atoms with Crippen molar-refractivity contribution in [3.63, 3.8) is 0 Å². The average molecular weight is 306 g/mol. The molecule has 0 saturated heterocycles. The molecule has 0 radical (unpaired) electrons. The van der Waals surface area contributed by atoms with E-state index in [1.54, 1.807) is 14.2 Å². The van der Waals surface area contributed by atoms with Crippen LogP contribution in [0.2, 0.25) is 0 Å². The predicted molar refractivity (Wildman–Crippen MR) is 81.4 cm³/mol. The van der Waals surface area contributed by atoms with Crippen LogP contribution in [-0.4, -0.2) is 39.2 Å². The fourth-order valence-corrected chi connectivity index (χ4v) is 2.31. The van der Waals surface area contributed by atoms with Crippen molar-refractivity contribution in [1.82, 2.24) is 10.6 Å². The molecule has 2 N–H and O–H groups in total. The zero-order chi connectivity index (χ0) is 16.0. The lowest BCUT2D eigenvalue weighted by atomic mass is 10.0. The van der Waals surface area contributed by atoms with E-state index in [-0.39, 0.29) is 11.8 Å². The highest BCUT2D eigenvalue weighted by Gasteiger charge is 2.56. The Morgan fingerprint density at radius 2 is 1.82 bits per heavy atom. The summed E-state index contributed by atoms with van der Waals surface area (Å²) in [7, 11) is 3.16. The number of carbonyl (C=O) groups excluding carboxylic acids is 2. The summed E-state index contributed by atoms with van der Waals surface area (Å²) < 4.78 is 10.1. The van der Waals surface area contributed by atoms with Gasteiger partial charge < -0.3 is 20.1 Å². The van der Waals surface area contributed by atoms with Gasteiger partial charge in [0.25, 0.3) is 0 Å². The van der Waals surface area contributed by atoms with Crippen molar-refractivity contribution < 1.29 is 19.1 Å². The summed E-state index contributed by atoms with van der Waals surface area (Å²) in [6.07, 6.45) is 1.17. The fourth-order valence-electron chi connectivity index (χ4n) is 2.31. The molecule has 0 heterocycles. The summed E-state index contributed by atoms with van der Waals surface area (Å²) in [5, 5.41) is 5.58. The second-order valence-corrected chi connectivity index (χ2v) is 5.33. The van der Waals surface area contributed by atoms with Gasteiger partial charge in [-0.2, -0.15) is 0 Å². The van der Waals surface area contributed by atoms with Crippen molar-refractivity contribution in [3.05, 3.63) is 29.8 Å². The fraction of sp³-hybridized carbons (Fsp3) is 0.500. The molecular weight excluding hydrogens is 284 g/mol. The van der Waals surface area contributed by atoms with Crippen LogP contribution in [0.25, 0.3) is 0 Å². The Morgan fingerprint density at radius 1 is 1.14 bits per heavy atom. The molecule has 1 aromatic carbocycles. The van der Waals surface area contributed by atoms with Crippen LogP contribution in [0.1, 0.15) is 18.4 Å². The number of methoxy groups -OCH3 is 2. The van der Waals surface area contributed by atoms with Gasteiger partial charge in [0, 0.05) is 25.8 Å². The number of benzene rings is 1. The monoisotopic (exact) mass is 306 g/mol. The number of amides is 2. The van der Waals surface area contributed by atoms with Crippen molar-refractivity contribution in [2.45, 2.75) is 19.4 Å². The average Bonchev–Trinajstić information content (AvgIpc) is 3.35. The number of ether oxygens (including phenoxy) is 2. The molecule has 0 aliphatic heterocycles. The minimum absolute atomic E-state index is 0.220. The van der Waals surface area contributed by atoms with Crippen LogP contribution in [0.15, 0.2) is 24.3 Å². The third-order valence-corrected chi connectivity index (χ3v) is 3.84. The van der Waals surface area contributed by atoms with Crippen LogP contribution in [0.3, 0.4) is 0 Å². The summed E-state index contributed by atoms with van der Waals surface area (Å²) in [5.41, 5.74) is -0.0237. The number of carbonyl (C=O) groups is 2. The summed E-state index contributed by atoms with van der Waals surface area (Å²) in [6.45, 7) is 1.19. The Balaban J connectivity index is 1.90. The van der Waals surface area contributed by atoms with Crippen LogP contribution >= 0.6 is 0 Å². The molecule has 2 rings (SSSR count). The molecule has 1 fully saturated rings. The zero-order valence-electron chi connectivity index (χ0n) is 13.0. The SMILES string of the molecule is COCCNC(=O)C1(C(=O)NCc2ccccc2OC)CC1. The first-order valence-corrected chi connectivity index (χ1v) is 7.31. The van der Waals surface area contributed by atoms with Crippen LogP contribution in [-0.2, 0) is 20.9 Å². The molecule has 0 aromatic heterocycles. The Kier molecular flexibility index (Phi) is 5.38. The lowest BCUT2D eigenvalue weighted by Gasteiger charge is -2.16. The molecule has 6 nitrogen and oxygen atoms in total. The molecule has 1 aliphatic rings. The van der Waals surface area contributed by atoms with Gasteiger partial charge in [0.15, 0.2) is 0 Å². The van der Waals surface area contributed by atoms with Crippen molar-refractivity contribution in [1.29, 1.82) is 0 Å². The lowest BCUT2D eigenvalue weighted by Crippen LogP contribution is -2.43. The van der Waals surface area contributed by atoms with Crippen LogP contribution in [0.4, 0.5) is 0 Å². The smallest absolute Gasteiger partial charge is 0.235 e. The number of rotatable bonds is 8. The molecule has 1 aliphatic carbocycles. The van der Waals surface area contributed by atoms with Crippen LogP contribution in [0, 0.1) is 5.41 Å². The second kappa shape index (κ2) is 7.26. The summed E-state index contributed by atoms with van der Waals surface area (Å²) in [5.74, 6) is 0.271. The maximum Gasteiger partial charge on any atom is 0.235 e. The van der Waals surface area contributed by atoms with Crippen molar-refractivity contribution in [2.24, 2.45) is 5.41 Å². The number of nitrogens with one attached hydrogen (secondary N) is 2. The van der Waals surface area contributed by atoms with Crippen LogP contribution in [0.5, 0.6) is 5.75 Å². The zero-order valence-corrected chi connectivity index (χ0v) is 13.0. The standard InChI is InChI=1S/C16H22N2O4/c1-21-10-9-17-14(19)16(7-8-16)15(20)18-11-12-5-3-4-6-13(12)22-2/h3-6H,7-11H2,1-2H3,(H,17,19)(H,18,20). The topological polar surface area (TPSA) is 76.7 Å². The van der Waals surface area contributed by atoms with Gasteiger partial charge in [-0.1, -0.05) is 18.2 Å². The van der Waals surface area contributed by atoms with E-state index >= 15 is 0 Å². The maximum atomic E-state index is 12.3. The second-order valence-electron chi connectivity index (χ2n) is 5.33. The molecule has 0 unspecified atom stereocenters. The van der Waals surface area contributed by atoms with E-state index in [1.165, 1.54) is 0 Å². The molecule has 0 spiro atoms. The highest BCUT2D eigenvalue weighted by molar-refractivity contribution is 6.07. The summed E-state index contributed by atoms with van der Waals surface area (Å²) in [6, 6.07) is 7.48. The van der Waals surface area contributed by atoms with Gasteiger partial charge in [0.2, 0.25) is 11.8 Å². The molecule has 120 valence electrons. The first-order valence-electron chi connectivity index (χ1n) is 7.31. The Hall–Kier alpha value is -2.08. The van der Waals surface area contributed by atoms with Gasteiger partial charge in [0.05, 0.1) is 13.7 Å². The van der Waals surface area contributed by atoms with Crippen molar-refractivity contribution >= 4 is 11.8 Å². The van der Waals surface area contributed by atoms with Gasteiger partial charge >= 0.3 is 0 Å². The van der Waals surface area contributed by atoms with E-state index < -0.39 is 5.41 Å². The van der Waals surface area contributed by atoms with E-state index in [2.05, 4.69) is 10.6 Å². The van der Waals surface area contributed by atoms with Gasteiger partial charge in [-0.15, -0.1) is 0 Å². The molecule has 0 bridgehead atoms. The first-order chi connectivity index (χ1) is 10.6. The van der Waals surface area contributed by atoms with E-state index in [0.29, 0.717) is 32.5 Å². The predicted octanol–water partition coefficient (Wildman–Crippen LogP) is 0.854. The number of hydrogen-bond donors (Lipinski definition) is 2. The van der Waals surface area contributed by atoms with Gasteiger partial charge in [-0.05, 0) is 18.9 Å². The Morgan fingerprint density at radius 3 is 2.45 bits per heavy atom. The van der Waals surface area contributed by atoms with Crippen LogP contribution < -0.4 is 15.4 Å². The van der Waals surface area contributed by atoms with E-state index in [1.807, 2.05) is 24.3 Å². The Labute approximate surface area is 130 Å². The van der Waals surface area contributed by atoms with E-state index in [9.17, 15) is 9.59 Å². The summed E-state index contributed by atoms with van der Waals surface area (Å²) in [4.78, 5) is 24.5. The van der Waals surface area contributed by atoms with Crippen molar-refractivity contribution in [2.75, 3.05) is 27.4 Å². The maximum absolute atomic E-state index is 12.3. The lowest BCUT2D eigenvalue weighted by molar-refractivity contribution is -0.137. The molecule has 0 atom stereocenters. The molecule has 1 aromatic rings. The minimum atomic E-state index is -0.907. The third kappa shape index (κ3) is 3.57. The quantitative estimate of drug-likeness (QED) is 0.551.